The number of phenolic OH excluding ortho intramolecular Hbond substituents is 1. The van der Waals surface area contributed by atoms with Gasteiger partial charge in [-0.3, -0.25) is 9.59 Å². The van der Waals surface area contributed by atoms with Crippen molar-refractivity contribution in [2.24, 2.45) is 0 Å². The van der Waals surface area contributed by atoms with Crippen molar-refractivity contribution in [1.29, 1.82) is 0 Å². The standard InChI is InChI=1S/C23H25N3O3/c27-18-10-8-16(9-11-18)17-12-14-26(15-13-17)22(28)7-3-6-21-24-20-5-2-1-4-19(20)23(29)25-21/h1-2,4-5,8-11,17,27H,3,6-7,12-15H2,(H,24,25,29). The third-order valence-corrected chi connectivity index (χ3v) is 5.68. The van der Waals surface area contributed by atoms with Gasteiger partial charge >= 0.3 is 0 Å². The van der Waals surface area contributed by atoms with Crippen LogP contribution in [-0.4, -0.2) is 39.0 Å². The number of H-pyrrole nitrogens is 1. The lowest BCUT2D eigenvalue weighted by Gasteiger charge is -2.32. The zero-order valence-corrected chi connectivity index (χ0v) is 16.3. The van der Waals surface area contributed by atoms with E-state index in [0.717, 1.165) is 25.9 Å². The molecule has 1 saturated heterocycles. The third kappa shape index (κ3) is 4.47. The molecule has 150 valence electrons. The summed E-state index contributed by atoms with van der Waals surface area (Å²) in [5.41, 5.74) is 1.78. The average molecular weight is 391 g/mol. The predicted molar refractivity (Wildman–Crippen MR) is 112 cm³/mol. The minimum Gasteiger partial charge on any atom is -0.508 e. The summed E-state index contributed by atoms with van der Waals surface area (Å²) >= 11 is 0. The van der Waals surface area contributed by atoms with E-state index >= 15 is 0 Å². The number of benzene rings is 2. The highest BCUT2D eigenvalue weighted by Crippen LogP contribution is 2.29. The quantitative estimate of drug-likeness (QED) is 0.698. The third-order valence-electron chi connectivity index (χ3n) is 5.68. The number of nitrogens with zero attached hydrogens (tertiary/aromatic N) is 2. The molecule has 6 nitrogen and oxygen atoms in total. The second-order valence-electron chi connectivity index (χ2n) is 7.63. The van der Waals surface area contributed by atoms with Gasteiger partial charge in [0.1, 0.15) is 11.6 Å². The smallest absolute Gasteiger partial charge is 0.258 e. The van der Waals surface area contributed by atoms with Crippen molar-refractivity contribution in [1.82, 2.24) is 14.9 Å². The van der Waals surface area contributed by atoms with E-state index in [2.05, 4.69) is 9.97 Å². The molecule has 0 saturated carbocycles. The number of likely N-dealkylation sites (tertiary alicyclic amines) is 1. The highest BCUT2D eigenvalue weighted by Gasteiger charge is 2.23. The number of hydrogen-bond donors (Lipinski definition) is 2. The molecular weight excluding hydrogens is 366 g/mol. The van der Waals surface area contributed by atoms with E-state index in [4.69, 9.17) is 0 Å². The lowest BCUT2D eigenvalue weighted by Crippen LogP contribution is -2.37. The summed E-state index contributed by atoms with van der Waals surface area (Å²) in [5.74, 6) is 1.51. The van der Waals surface area contributed by atoms with Gasteiger partial charge in [0.2, 0.25) is 5.91 Å². The molecule has 0 spiro atoms. The van der Waals surface area contributed by atoms with Crippen LogP contribution in [0.5, 0.6) is 5.75 Å². The first-order valence-corrected chi connectivity index (χ1v) is 10.1. The summed E-state index contributed by atoms with van der Waals surface area (Å²) in [6.45, 7) is 1.52. The van der Waals surface area contributed by atoms with Gasteiger partial charge < -0.3 is 15.0 Å². The molecule has 0 radical (unpaired) electrons. The summed E-state index contributed by atoms with van der Waals surface area (Å²) < 4.78 is 0. The zero-order valence-electron chi connectivity index (χ0n) is 16.3. The Labute approximate surface area is 169 Å². The summed E-state index contributed by atoms with van der Waals surface area (Å²) in [4.78, 5) is 33.9. The number of aryl methyl sites for hydroxylation is 1. The number of piperidine rings is 1. The normalized spacial score (nSPS) is 15.0. The van der Waals surface area contributed by atoms with Crippen molar-refractivity contribution in [3.8, 4) is 5.75 Å². The maximum atomic E-state index is 12.6. The number of phenols is 1. The summed E-state index contributed by atoms with van der Waals surface area (Å²) in [5, 5.41) is 10.0. The number of amides is 1. The Morgan fingerprint density at radius 3 is 2.59 bits per heavy atom. The first-order valence-electron chi connectivity index (χ1n) is 10.1. The second kappa shape index (κ2) is 8.47. The Balaban J connectivity index is 1.27. The molecule has 2 N–H and O–H groups in total. The van der Waals surface area contributed by atoms with Crippen LogP contribution >= 0.6 is 0 Å². The first-order chi connectivity index (χ1) is 14.1. The fourth-order valence-corrected chi connectivity index (χ4v) is 4.03. The van der Waals surface area contributed by atoms with Crippen molar-refractivity contribution in [2.75, 3.05) is 13.1 Å². The number of aromatic hydroxyl groups is 1. The molecule has 0 atom stereocenters. The van der Waals surface area contributed by atoms with Gasteiger partial charge in [-0.2, -0.15) is 0 Å². The van der Waals surface area contributed by atoms with Gasteiger partial charge in [-0.25, -0.2) is 4.98 Å². The van der Waals surface area contributed by atoms with Crippen molar-refractivity contribution in [3.63, 3.8) is 0 Å². The number of nitrogens with one attached hydrogen (secondary N) is 1. The van der Waals surface area contributed by atoms with E-state index in [-0.39, 0.29) is 17.2 Å². The van der Waals surface area contributed by atoms with E-state index in [9.17, 15) is 14.7 Å². The SMILES string of the molecule is O=C(CCCc1nc2ccccc2c(=O)[nH]1)N1CCC(c2ccc(O)cc2)CC1. The molecule has 1 aromatic heterocycles. The highest BCUT2D eigenvalue weighted by atomic mass is 16.3. The van der Waals surface area contributed by atoms with E-state index in [0.29, 0.717) is 41.9 Å². The molecule has 4 rings (SSSR count). The maximum absolute atomic E-state index is 12.6. The highest BCUT2D eigenvalue weighted by molar-refractivity contribution is 5.77. The van der Waals surface area contributed by atoms with Crippen LogP contribution in [0, 0.1) is 0 Å². The van der Waals surface area contributed by atoms with Crippen molar-refractivity contribution in [3.05, 3.63) is 70.3 Å². The summed E-state index contributed by atoms with van der Waals surface area (Å²) in [6.07, 6.45) is 3.58. The van der Waals surface area contributed by atoms with Crippen LogP contribution < -0.4 is 5.56 Å². The molecule has 2 heterocycles. The molecule has 2 aromatic carbocycles. The number of para-hydroxylation sites is 1. The van der Waals surface area contributed by atoms with E-state index in [1.54, 1.807) is 18.2 Å². The van der Waals surface area contributed by atoms with Crippen LogP contribution in [0.2, 0.25) is 0 Å². The Bertz CT molecular complexity index is 1050. The lowest BCUT2D eigenvalue weighted by atomic mass is 9.89. The molecule has 29 heavy (non-hydrogen) atoms. The molecule has 6 heteroatoms. The Hall–Kier alpha value is -3.15. The fraction of sp³-hybridized carbons (Fsp3) is 0.348. The maximum Gasteiger partial charge on any atom is 0.258 e. The van der Waals surface area contributed by atoms with Gasteiger partial charge in [0.05, 0.1) is 10.9 Å². The van der Waals surface area contributed by atoms with E-state index in [1.807, 2.05) is 35.2 Å². The lowest BCUT2D eigenvalue weighted by molar-refractivity contribution is -0.132. The van der Waals surface area contributed by atoms with Crippen LogP contribution in [0.1, 0.15) is 43.0 Å². The first kappa shape index (κ1) is 19.2. The van der Waals surface area contributed by atoms with Crippen molar-refractivity contribution >= 4 is 16.8 Å². The van der Waals surface area contributed by atoms with Gasteiger partial charge in [0.15, 0.2) is 0 Å². The zero-order chi connectivity index (χ0) is 20.2. The predicted octanol–water partition coefficient (Wildman–Crippen LogP) is 3.36. The minimum atomic E-state index is -0.131. The number of carbonyl (C=O) groups excluding carboxylic acids is 1. The van der Waals surface area contributed by atoms with Crippen LogP contribution in [0.15, 0.2) is 53.3 Å². The van der Waals surface area contributed by atoms with E-state index < -0.39 is 0 Å². The molecule has 0 unspecified atom stereocenters. The second-order valence-corrected chi connectivity index (χ2v) is 7.63. The molecule has 1 amide bonds. The van der Waals surface area contributed by atoms with Gasteiger partial charge in [-0.15, -0.1) is 0 Å². The fourth-order valence-electron chi connectivity index (χ4n) is 4.03. The number of hydrogen-bond acceptors (Lipinski definition) is 4. The number of aromatic amines is 1. The number of fused-ring (bicyclic) bond motifs is 1. The Morgan fingerprint density at radius 1 is 1.10 bits per heavy atom. The van der Waals surface area contributed by atoms with Crippen LogP contribution in [-0.2, 0) is 11.2 Å². The van der Waals surface area contributed by atoms with Gasteiger partial charge in [-0.1, -0.05) is 24.3 Å². The Morgan fingerprint density at radius 2 is 1.83 bits per heavy atom. The molecule has 0 bridgehead atoms. The average Bonchev–Trinajstić information content (AvgIpc) is 2.74. The minimum absolute atomic E-state index is 0.131. The monoisotopic (exact) mass is 391 g/mol. The largest absolute Gasteiger partial charge is 0.508 e. The van der Waals surface area contributed by atoms with Gasteiger partial charge in [0.25, 0.3) is 5.56 Å². The van der Waals surface area contributed by atoms with Crippen molar-refractivity contribution in [2.45, 2.75) is 38.0 Å². The molecule has 1 aliphatic heterocycles. The van der Waals surface area contributed by atoms with Gasteiger partial charge in [-0.05, 0) is 55.0 Å². The Kier molecular flexibility index (Phi) is 5.60. The molecule has 3 aromatic rings. The number of aromatic nitrogens is 2. The van der Waals surface area contributed by atoms with E-state index in [1.165, 1.54) is 5.56 Å². The summed E-state index contributed by atoms with van der Waals surface area (Å²) in [7, 11) is 0. The molecule has 0 aliphatic carbocycles. The number of carbonyl (C=O) groups is 1. The van der Waals surface area contributed by atoms with Crippen molar-refractivity contribution < 1.29 is 9.90 Å². The van der Waals surface area contributed by atoms with Gasteiger partial charge in [0, 0.05) is 25.9 Å². The van der Waals surface area contributed by atoms with Crippen LogP contribution in [0.3, 0.4) is 0 Å². The molecular formula is C23H25N3O3. The topological polar surface area (TPSA) is 86.3 Å². The molecule has 1 fully saturated rings. The van der Waals surface area contributed by atoms with Crippen LogP contribution in [0.25, 0.3) is 10.9 Å². The van der Waals surface area contributed by atoms with Crippen LogP contribution in [0.4, 0.5) is 0 Å². The molecule has 1 aliphatic rings. The summed E-state index contributed by atoms with van der Waals surface area (Å²) in [6, 6.07) is 14.7. The number of rotatable bonds is 5.